The van der Waals surface area contributed by atoms with Crippen LogP contribution in [0.2, 0.25) is 0 Å². The first-order valence-electron chi connectivity index (χ1n) is 7.57. The second-order valence-corrected chi connectivity index (χ2v) is 5.05. The van der Waals surface area contributed by atoms with Crippen LogP contribution in [0.1, 0.15) is 6.42 Å². The average molecular weight is 311 g/mol. The monoisotopic (exact) mass is 311 g/mol. The Kier molecular flexibility index (Phi) is 7.03. The summed E-state index contributed by atoms with van der Waals surface area (Å²) in [6.45, 7) is 6.49. The number of rotatable bonds is 1. The maximum absolute atomic E-state index is 11.4. The largest absolute Gasteiger partial charge is 0.369 e. The first kappa shape index (κ1) is 16.6. The van der Waals surface area contributed by atoms with E-state index in [9.17, 15) is 4.79 Å². The van der Waals surface area contributed by atoms with Crippen LogP contribution in [-0.2, 0) is 0 Å². The molecule has 124 valence electrons. The second-order valence-electron chi connectivity index (χ2n) is 5.05. The number of nitrogens with zero attached hydrogens (tertiary/aromatic N) is 3. The van der Waals surface area contributed by atoms with Gasteiger partial charge in [-0.15, -0.1) is 0 Å². The third kappa shape index (κ3) is 5.93. The van der Waals surface area contributed by atoms with Gasteiger partial charge in [-0.25, -0.2) is 4.79 Å². The molecule has 0 atom stereocenters. The molecule has 1 aromatic heterocycles. The maximum atomic E-state index is 11.4. The van der Waals surface area contributed by atoms with Gasteiger partial charge >= 0.3 is 5.69 Å². The Morgan fingerprint density at radius 2 is 1.45 bits per heavy atom. The number of anilines is 2. The molecule has 2 rings (SSSR count). The van der Waals surface area contributed by atoms with Crippen molar-refractivity contribution in [2.75, 3.05) is 63.2 Å². The SMILES string of the molecule is Nc1nc(N2CNCCNCCCNCCNC2)nc(=O)[nH]1. The van der Waals surface area contributed by atoms with E-state index in [0.29, 0.717) is 19.3 Å². The Morgan fingerprint density at radius 1 is 0.864 bits per heavy atom. The molecule has 7 N–H and O–H groups in total. The Bertz CT molecular complexity index is 478. The van der Waals surface area contributed by atoms with Crippen molar-refractivity contribution in [2.45, 2.75) is 6.42 Å². The van der Waals surface area contributed by atoms with Gasteiger partial charge in [0.1, 0.15) is 0 Å². The smallest absolute Gasteiger partial charge is 0.350 e. The van der Waals surface area contributed by atoms with Crippen molar-refractivity contribution in [2.24, 2.45) is 0 Å². The van der Waals surface area contributed by atoms with Gasteiger partial charge in [0, 0.05) is 26.2 Å². The van der Waals surface area contributed by atoms with Gasteiger partial charge in [-0.3, -0.25) is 15.6 Å². The number of nitrogens with two attached hydrogens (primary N) is 1. The molecule has 0 saturated carbocycles. The Labute approximate surface area is 129 Å². The van der Waals surface area contributed by atoms with E-state index >= 15 is 0 Å². The van der Waals surface area contributed by atoms with E-state index in [1.165, 1.54) is 0 Å². The van der Waals surface area contributed by atoms with E-state index in [1.807, 2.05) is 4.90 Å². The molecule has 0 radical (unpaired) electrons. The summed E-state index contributed by atoms with van der Waals surface area (Å²) < 4.78 is 0. The highest BCUT2D eigenvalue weighted by Gasteiger charge is 2.10. The van der Waals surface area contributed by atoms with Gasteiger partial charge in [0.15, 0.2) is 0 Å². The van der Waals surface area contributed by atoms with Crippen LogP contribution >= 0.6 is 0 Å². The third-order valence-corrected chi connectivity index (χ3v) is 3.21. The van der Waals surface area contributed by atoms with Crippen LogP contribution in [0.15, 0.2) is 4.79 Å². The summed E-state index contributed by atoms with van der Waals surface area (Å²) in [7, 11) is 0. The fraction of sp³-hybridized carbons (Fsp3) is 0.750. The molecule has 0 unspecified atom stereocenters. The van der Waals surface area contributed by atoms with Crippen molar-refractivity contribution in [3.05, 3.63) is 10.5 Å². The van der Waals surface area contributed by atoms with E-state index in [0.717, 1.165) is 45.7 Å². The lowest BCUT2D eigenvalue weighted by atomic mass is 10.4. The molecule has 2 heterocycles. The molecule has 1 aliphatic heterocycles. The molecule has 0 amide bonds. The van der Waals surface area contributed by atoms with Gasteiger partial charge < -0.3 is 21.3 Å². The average Bonchev–Trinajstić information content (AvgIpc) is 2.48. The van der Waals surface area contributed by atoms with Gasteiger partial charge in [0.25, 0.3) is 0 Å². The van der Waals surface area contributed by atoms with E-state index < -0.39 is 5.69 Å². The second kappa shape index (κ2) is 9.30. The molecule has 0 bridgehead atoms. The predicted molar refractivity (Wildman–Crippen MR) is 85.6 cm³/mol. The molecule has 0 aromatic carbocycles. The fourth-order valence-corrected chi connectivity index (χ4v) is 2.10. The lowest BCUT2D eigenvalue weighted by Gasteiger charge is -2.23. The lowest BCUT2D eigenvalue weighted by Crippen LogP contribution is -2.45. The maximum Gasteiger partial charge on any atom is 0.350 e. The van der Waals surface area contributed by atoms with Crippen molar-refractivity contribution in [1.82, 2.24) is 36.2 Å². The summed E-state index contributed by atoms with van der Waals surface area (Å²) in [5.41, 5.74) is 5.09. The molecular weight excluding hydrogens is 286 g/mol. The van der Waals surface area contributed by atoms with E-state index in [2.05, 4.69) is 36.2 Å². The van der Waals surface area contributed by atoms with Crippen LogP contribution in [0.3, 0.4) is 0 Å². The van der Waals surface area contributed by atoms with Crippen LogP contribution in [0, 0.1) is 0 Å². The van der Waals surface area contributed by atoms with Crippen molar-refractivity contribution >= 4 is 11.9 Å². The minimum absolute atomic E-state index is 0.0673. The van der Waals surface area contributed by atoms with Gasteiger partial charge in [-0.1, -0.05) is 0 Å². The fourth-order valence-electron chi connectivity index (χ4n) is 2.10. The van der Waals surface area contributed by atoms with E-state index in [-0.39, 0.29) is 5.95 Å². The van der Waals surface area contributed by atoms with Crippen molar-refractivity contribution in [3.8, 4) is 0 Å². The number of nitrogens with one attached hydrogen (secondary N) is 5. The molecule has 1 aliphatic rings. The lowest BCUT2D eigenvalue weighted by molar-refractivity contribution is 0.525. The molecule has 22 heavy (non-hydrogen) atoms. The summed E-state index contributed by atoms with van der Waals surface area (Å²) in [6, 6.07) is 0. The topological polar surface area (TPSA) is 136 Å². The van der Waals surface area contributed by atoms with E-state index in [4.69, 9.17) is 5.73 Å². The predicted octanol–water partition coefficient (Wildman–Crippen LogP) is -2.77. The number of aromatic nitrogens is 3. The number of H-pyrrole nitrogens is 1. The normalized spacial score (nSPS) is 19.5. The zero-order valence-corrected chi connectivity index (χ0v) is 12.7. The molecule has 1 fully saturated rings. The van der Waals surface area contributed by atoms with Gasteiger partial charge in [0.05, 0.1) is 13.3 Å². The summed E-state index contributed by atoms with van der Waals surface area (Å²) in [5, 5.41) is 13.3. The number of hydrogen-bond acceptors (Lipinski definition) is 9. The molecule has 1 aromatic rings. The Hall–Kier alpha value is -1.75. The summed E-state index contributed by atoms with van der Waals surface area (Å²) in [6.07, 6.45) is 1.12. The minimum Gasteiger partial charge on any atom is -0.369 e. The Balaban J connectivity index is 1.97. The molecule has 10 nitrogen and oxygen atoms in total. The van der Waals surface area contributed by atoms with Crippen LogP contribution in [0.25, 0.3) is 0 Å². The highest BCUT2D eigenvalue weighted by atomic mass is 16.1. The highest BCUT2D eigenvalue weighted by Crippen LogP contribution is 2.02. The molecule has 10 heteroatoms. The number of hydrogen-bond donors (Lipinski definition) is 6. The number of aromatic amines is 1. The minimum atomic E-state index is -0.495. The van der Waals surface area contributed by atoms with Crippen LogP contribution in [-0.4, -0.2) is 67.6 Å². The van der Waals surface area contributed by atoms with Crippen LogP contribution in [0.5, 0.6) is 0 Å². The summed E-state index contributed by atoms with van der Waals surface area (Å²) in [5.74, 6) is 0.381. The van der Waals surface area contributed by atoms with Gasteiger partial charge in [-0.05, 0) is 19.5 Å². The van der Waals surface area contributed by atoms with Crippen LogP contribution < -0.4 is 37.6 Å². The third-order valence-electron chi connectivity index (χ3n) is 3.21. The quantitative estimate of drug-likeness (QED) is 0.326. The standard InChI is InChI=1S/C12H25N9O/c13-10-18-11(20-12(22)19-10)21-8-16-6-4-14-2-1-3-15-5-7-17-9-21/h14-17H,1-9H2,(H3,13,18,19,20,22). The molecule has 1 saturated heterocycles. The van der Waals surface area contributed by atoms with Crippen molar-refractivity contribution < 1.29 is 0 Å². The zero-order valence-electron chi connectivity index (χ0n) is 12.7. The first-order chi connectivity index (χ1) is 10.8. The van der Waals surface area contributed by atoms with Crippen molar-refractivity contribution in [3.63, 3.8) is 0 Å². The van der Waals surface area contributed by atoms with Gasteiger partial charge in [0.2, 0.25) is 11.9 Å². The highest BCUT2D eigenvalue weighted by molar-refractivity contribution is 5.32. The molecule has 0 aliphatic carbocycles. The summed E-state index contributed by atoms with van der Waals surface area (Å²) in [4.78, 5) is 23.6. The van der Waals surface area contributed by atoms with Gasteiger partial charge in [-0.2, -0.15) is 9.97 Å². The van der Waals surface area contributed by atoms with Crippen LogP contribution in [0.4, 0.5) is 11.9 Å². The molecular formula is C12H25N9O. The zero-order chi connectivity index (χ0) is 15.6. The van der Waals surface area contributed by atoms with E-state index in [1.54, 1.807) is 0 Å². The molecule has 0 spiro atoms. The summed E-state index contributed by atoms with van der Waals surface area (Å²) >= 11 is 0. The van der Waals surface area contributed by atoms with Crippen molar-refractivity contribution in [1.29, 1.82) is 0 Å². The Morgan fingerprint density at radius 3 is 2.05 bits per heavy atom. The first-order valence-corrected chi connectivity index (χ1v) is 7.57. The number of nitrogen functional groups attached to an aromatic ring is 1.